The molecule has 0 unspecified atom stereocenters. The van der Waals surface area contributed by atoms with Crippen LogP contribution in [0.1, 0.15) is 5.56 Å². The molecule has 0 aliphatic carbocycles. The Morgan fingerprint density at radius 2 is 2.00 bits per heavy atom. The topological polar surface area (TPSA) is 55.1 Å². The fourth-order valence-electron chi connectivity index (χ4n) is 1.33. The normalized spacial score (nSPS) is 10.3. The van der Waals surface area contributed by atoms with Gasteiger partial charge in [0.15, 0.2) is 10.8 Å². The molecule has 0 aliphatic rings. The van der Waals surface area contributed by atoms with Gasteiger partial charge in [-0.2, -0.15) is 5.10 Å². The molecule has 1 N–H and O–H groups in total. The summed E-state index contributed by atoms with van der Waals surface area (Å²) in [6.45, 7) is 0.333. The Balaban J connectivity index is 2.37. The van der Waals surface area contributed by atoms with Crippen molar-refractivity contribution in [1.29, 1.82) is 0 Å². The van der Waals surface area contributed by atoms with Gasteiger partial charge in [-0.1, -0.05) is 41.9 Å². The molecule has 0 aliphatic heterocycles. The van der Waals surface area contributed by atoms with Crippen LogP contribution >= 0.6 is 11.6 Å². The molecule has 0 radical (unpaired) electrons. The molecular formula is C11H9ClN2O2. The molecule has 0 atom stereocenters. The lowest BCUT2D eigenvalue weighted by Gasteiger charge is -2.05. The van der Waals surface area contributed by atoms with Crippen molar-refractivity contribution in [3.8, 4) is 5.75 Å². The molecular weight excluding hydrogens is 228 g/mol. The predicted octanol–water partition coefficient (Wildman–Crippen LogP) is 1.65. The van der Waals surface area contributed by atoms with E-state index in [4.69, 9.17) is 11.6 Å². The molecule has 16 heavy (non-hydrogen) atoms. The summed E-state index contributed by atoms with van der Waals surface area (Å²) in [5.41, 5.74) is 0.448. The highest BCUT2D eigenvalue weighted by Crippen LogP contribution is 2.15. The van der Waals surface area contributed by atoms with Crippen LogP contribution in [-0.2, 0) is 6.54 Å². The lowest BCUT2D eigenvalue weighted by atomic mass is 10.2. The van der Waals surface area contributed by atoms with Crippen molar-refractivity contribution in [2.45, 2.75) is 6.54 Å². The molecule has 0 saturated carbocycles. The summed E-state index contributed by atoms with van der Waals surface area (Å²) < 4.78 is 1.21. The number of halogens is 1. The monoisotopic (exact) mass is 236 g/mol. The van der Waals surface area contributed by atoms with Gasteiger partial charge < -0.3 is 5.11 Å². The van der Waals surface area contributed by atoms with Crippen molar-refractivity contribution in [3.05, 3.63) is 57.5 Å². The number of rotatable bonds is 2. The first-order valence-electron chi connectivity index (χ1n) is 4.67. The van der Waals surface area contributed by atoms with Crippen molar-refractivity contribution in [2.75, 3.05) is 0 Å². The van der Waals surface area contributed by atoms with E-state index in [1.165, 1.54) is 4.68 Å². The highest BCUT2D eigenvalue weighted by atomic mass is 35.5. The average Bonchev–Trinajstić information content (AvgIpc) is 2.31. The maximum atomic E-state index is 11.6. The van der Waals surface area contributed by atoms with Gasteiger partial charge in [-0.3, -0.25) is 4.79 Å². The zero-order valence-electron chi connectivity index (χ0n) is 8.30. The quantitative estimate of drug-likeness (QED) is 0.863. The first-order chi connectivity index (χ1) is 7.68. The number of hydrogen-bond donors (Lipinski definition) is 1. The van der Waals surface area contributed by atoms with Crippen molar-refractivity contribution >= 4 is 11.6 Å². The van der Waals surface area contributed by atoms with E-state index < -0.39 is 5.56 Å². The summed E-state index contributed by atoms with van der Waals surface area (Å²) in [6.07, 6.45) is 1.16. The molecule has 82 valence electrons. The van der Waals surface area contributed by atoms with Gasteiger partial charge in [0.2, 0.25) is 0 Å². The Morgan fingerprint density at radius 3 is 2.69 bits per heavy atom. The van der Waals surface area contributed by atoms with Gasteiger partial charge in [0.25, 0.3) is 5.56 Å². The van der Waals surface area contributed by atoms with Crippen LogP contribution < -0.4 is 5.56 Å². The third kappa shape index (κ3) is 2.06. The van der Waals surface area contributed by atoms with Crippen LogP contribution in [0, 0.1) is 0 Å². The summed E-state index contributed by atoms with van der Waals surface area (Å²) >= 11 is 5.63. The van der Waals surface area contributed by atoms with Crippen LogP contribution in [0.2, 0.25) is 5.02 Å². The average molecular weight is 237 g/mol. The maximum absolute atomic E-state index is 11.6. The van der Waals surface area contributed by atoms with E-state index in [1.54, 1.807) is 0 Å². The smallest absolute Gasteiger partial charge is 0.289 e. The number of aromatic hydroxyl groups is 1. The van der Waals surface area contributed by atoms with Gasteiger partial charge in [0, 0.05) is 0 Å². The number of nitrogens with zero attached hydrogens (tertiary/aromatic N) is 2. The summed E-state index contributed by atoms with van der Waals surface area (Å²) in [6, 6.07) is 9.41. The largest absolute Gasteiger partial charge is 0.505 e. The summed E-state index contributed by atoms with van der Waals surface area (Å²) in [4.78, 5) is 11.6. The van der Waals surface area contributed by atoms with E-state index in [2.05, 4.69) is 5.10 Å². The zero-order valence-corrected chi connectivity index (χ0v) is 9.05. The highest BCUT2D eigenvalue weighted by Gasteiger charge is 2.07. The molecule has 0 fully saturated rings. The van der Waals surface area contributed by atoms with E-state index in [1.807, 2.05) is 30.3 Å². The second-order valence-electron chi connectivity index (χ2n) is 3.29. The van der Waals surface area contributed by atoms with Crippen LogP contribution in [0.15, 0.2) is 41.3 Å². The van der Waals surface area contributed by atoms with Gasteiger partial charge in [0.05, 0.1) is 12.7 Å². The van der Waals surface area contributed by atoms with Crippen LogP contribution in [0.3, 0.4) is 0 Å². The lowest BCUT2D eigenvalue weighted by Crippen LogP contribution is -2.23. The van der Waals surface area contributed by atoms with Gasteiger partial charge >= 0.3 is 0 Å². The predicted molar refractivity (Wildman–Crippen MR) is 60.7 cm³/mol. The minimum atomic E-state index is -0.495. The molecule has 0 saturated heterocycles. The Kier molecular flexibility index (Phi) is 2.92. The van der Waals surface area contributed by atoms with Crippen molar-refractivity contribution < 1.29 is 5.11 Å². The summed E-state index contributed by atoms with van der Waals surface area (Å²) in [5.74, 6) is -0.295. The zero-order chi connectivity index (χ0) is 11.5. The van der Waals surface area contributed by atoms with Crippen LogP contribution in [-0.4, -0.2) is 14.9 Å². The molecule has 2 aromatic rings. The van der Waals surface area contributed by atoms with Crippen LogP contribution in [0.5, 0.6) is 5.75 Å². The van der Waals surface area contributed by atoms with E-state index in [9.17, 15) is 9.90 Å². The first kappa shape index (κ1) is 10.7. The number of hydrogen-bond acceptors (Lipinski definition) is 3. The van der Waals surface area contributed by atoms with Crippen molar-refractivity contribution in [3.63, 3.8) is 0 Å². The van der Waals surface area contributed by atoms with E-state index in [0.717, 1.165) is 11.8 Å². The van der Waals surface area contributed by atoms with E-state index in [0.29, 0.717) is 6.54 Å². The lowest BCUT2D eigenvalue weighted by molar-refractivity contribution is 0.462. The minimum Gasteiger partial charge on any atom is -0.505 e. The third-order valence-electron chi connectivity index (χ3n) is 2.14. The van der Waals surface area contributed by atoms with Gasteiger partial charge in [-0.05, 0) is 5.56 Å². The van der Waals surface area contributed by atoms with Gasteiger partial charge in [0.1, 0.15) is 0 Å². The molecule has 1 aromatic carbocycles. The molecule has 5 heteroatoms. The second kappa shape index (κ2) is 4.37. The fraction of sp³-hybridized carbons (Fsp3) is 0.0909. The summed E-state index contributed by atoms with van der Waals surface area (Å²) in [7, 11) is 0. The molecule has 1 heterocycles. The Morgan fingerprint density at radius 1 is 1.31 bits per heavy atom. The summed E-state index contributed by atoms with van der Waals surface area (Å²) in [5, 5.41) is 12.8. The van der Waals surface area contributed by atoms with E-state index in [-0.39, 0.29) is 10.8 Å². The molecule has 4 nitrogen and oxygen atoms in total. The highest BCUT2D eigenvalue weighted by molar-refractivity contribution is 6.31. The van der Waals surface area contributed by atoms with Gasteiger partial charge in [-0.15, -0.1) is 0 Å². The second-order valence-corrected chi connectivity index (χ2v) is 3.67. The standard InChI is InChI=1S/C11H9ClN2O2/c12-10-9(15)6-13-14(11(10)16)7-8-4-2-1-3-5-8/h1-6,15H,7H2. The molecule has 0 bridgehead atoms. The van der Waals surface area contributed by atoms with Crippen molar-refractivity contribution in [1.82, 2.24) is 9.78 Å². The Bertz CT molecular complexity index is 552. The third-order valence-corrected chi connectivity index (χ3v) is 2.50. The van der Waals surface area contributed by atoms with Crippen LogP contribution in [0.4, 0.5) is 0 Å². The minimum absolute atomic E-state index is 0.203. The fourth-order valence-corrected chi connectivity index (χ4v) is 1.47. The number of aromatic nitrogens is 2. The van der Waals surface area contributed by atoms with Gasteiger partial charge in [-0.25, -0.2) is 4.68 Å². The number of benzene rings is 1. The maximum Gasteiger partial charge on any atom is 0.289 e. The van der Waals surface area contributed by atoms with Crippen LogP contribution in [0.25, 0.3) is 0 Å². The Labute approximate surface area is 96.7 Å². The molecule has 2 rings (SSSR count). The van der Waals surface area contributed by atoms with E-state index >= 15 is 0 Å². The Hall–Kier alpha value is -1.81. The molecule has 0 spiro atoms. The van der Waals surface area contributed by atoms with Crippen molar-refractivity contribution in [2.24, 2.45) is 0 Å². The molecule has 1 aromatic heterocycles. The molecule has 0 amide bonds. The first-order valence-corrected chi connectivity index (χ1v) is 5.05. The SMILES string of the molecule is O=c1c(Cl)c(O)cnn1Cc1ccccc1.